The number of aliphatic hydroxyl groups excluding tert-OH is 1. The quantitative estimate of drug-likeness (QED) is 0.367. The van der Waals surface area contributed by atoms with Gasteiger partial charge in [-0.3, -0.25) is 4.90 Å². The number of anilines is 2. The van der Waals surface area contributed by atoms with E-state index in [4.69, 9.17) is 21.8 Å². The first kappa shape index (κ1) is 29.2. The maximum atomic E-state index is 12.0. The van der Waals surface area contributed by atoms with Crippen molar-refractivity contribution in [3.8, 4) is 6.07 Å². The molecule has 2 aliphatic rings. The number of amides is 1. The molecule has 0 radical (unpaired) electrons. The van der Waals surface area contributed by atoms with Crippen molar-refractivity contribution in [2.75, 3.05) is 42.5 Å². The van der Waals surface area contributed by atoms with Gasteiger partial charge >= 0.3 is 74.8 Å². The molecule has 0 saturated carbocycles. The first-order valence-corrected chi connectivity index (χ1v) is 12.1. The molecule has 1 saturated heterocycles. The normalized spacial score (nSPS) is 15.3. The number of carbonyl (C=O) groups excluding carboxylic acids is 1. The third kappa shape index (κ3) is 6.04. The Kier molecular flexibility index (Phi) is 10.9. The summed E-state index contributed by atoms with van der Waals surface area (Å²) in [5.41, 5.74) is 1.81. The van der Waals surface area contributed by atoms with Gasteiger partial charge in [-0.1, -0.05) is 42.4 Å². The zero-order valence-corrected chi connectivity index (χ0v) is 27.9. The van der Waals surface area contributed by atoms with Gasteiger partial charge in [0.1, 0.15) is 30.4 Å². The van der Waals surface area contributed by atoms with Gasteiger partial charge < -0.3 is 19.5 Å². The number of halogens is 1. The summed E-state index contributed by atoms with van der Waals surface area (Å²) < 4.78 is 2.23. The number of nitrogens with zero attached hydrogens (tertiary/aromatic N) is 5. The van der Waals surface area contributed by atoms with E-state index in [1.807, 2.05) is 12.1 Å². The molecule has 2 aliphatic heterocycles. The van der Waals surface area contributed by atoms with Gasteiger partial charge in [0.15, 0.2) is 0 Å². The first-order valence-electron chi connectivity index (χ1n) is 11.7. The zero-order valence-electron chi connectivity index (χ0n) is 20.9. The van der Waals surface area contributed by atoms with Gasteiger partial charge in [-0.25, -0.2) is 9.78 Å². The number of piperazine rings is 1. The molecule has 3 aromatic rings. The number of hydrogen-bond acceptors (Lipinski definition) is 6. The summed E-state index contributed by atoms with van der Waals surface area (Å²) in [5.74, 6) is 1.98. The molecule has 1 aromatic heterocycles. The van der Waals surface area contributed by atoms with Crippen LogP contribution in [-0.2, 0) is 24.5 Å². The SMILES string of the molecule is C=CC(=O)[NH+]1CCN(c2c(CO)nc3n2CCN(c2cccc4cccc(Cl)c24)C3)CC1.CC#N.[Cs+]. The Labute approximate surface area is 275 Å². The molecule has 1 fully saturated rings. The summed E-state index contributed by atoms with van der Waals surface area (Å²) >= 11 is 6.56. The smallest absolute Gasteiger partial charge is 0.390 e. The Morgan fingerprint density at radius 1 is 1.19 bits per heavy atom. The number of carbonyl (C=O) groups is 1. The molecule has 182 valence electrons. The Morgan fingerprint density at radius 3 is 2.50 bits per heavy atom. The molecular weight excluding hydrogens is 597 g/mol. The van der Waals surface area contributed by atoms with Gasteiger partial charge in [-0.2, -0.15) is 5.26 Å². The second-order valence-electron chi connectivity index (χ2n) is 8.53. The molecule has 5 rings (SSSR count). The van der Waals surface area contributed by atoms with Crippen LogP contribution in [0, 0.1) is 11.3 Å². The Hall–Kier alpha value is -1.33. The fourth-order valence-corrected chi connectivity index (χ4v) is 5.23. The molecule has 0 spiro atoms. The van der Waals surface area contributed by atoms with Crippen LogP contribution in [0.15, 0.2) is 49.1 Å². The summed E-state index contributed by atoms with van der Waals surface area (Å²) in [6.45, 7) is 10.1. The van der Waals surface area contributed by atoms with E-state index in [1.54, 1.807) is 6.07 Å². The van der Waals surface area contributed by atoms with Crippen LogP contribution in [0.3, 0.4) is 0 Å². The molecule has 2 aromatic carbocycles. The largest absolute Gasteiger partial charge is 1.00 e. The van der Waals surface area contributed by atoms with E-state index >= 15 is 0 Å². The zero-order chi connectivity index (χ0) is 24.9. The average Bonchev–Trinajstić information content (AvgIpc) is 3.26. The Morgan fingerprint density at radius 2 is 1.86 bits per heavy atom. The third-order valence-electron chi connectivity index (χ3n) is 6.54. The van der Waals surface area contributed by atoms with E-state index in [-0.39, 0.29) is 81.4 Å². The summed E-state index contributed by atoms with van der Waals surface area (Å²) in [7, 11) is 0. The maximum absolute atomic E-state index is 12.0. The van der Waals surface area contributed by atoms with Crippen LogP contribution in [0.1, 0.15) is 18.4 Å². The van der Waals surface area contributed by atoms with Crippen LogP contribution in [0.4, 0.5) is 11.5 Å². The molecule has 10 heteroatoms. The van der Waals surface area contributed by atoms with Crippen molar-refractivity contribution in [1.82, 2.24) is 9.55 Å². The molecule has 2 N–H and O–H groups in total. The van der Waals surface area contributed by atoms with Crippen molar-refractivity contribution in [3.05, 3.63) is 65.6 Å². The predicted molar refractivity (Wildman–Crippen MR) is 138 cm³/mol. The van der Waals surface area contributed by atoms with Crippen molar-refractivity contribution in [2.45, 2.75) is 26.6 Å². The third-order valence-corrected chi connectivity index (χ3v) is 6.85. The summed E-state index contributed by atoms with van der Waals surface area (Å²) in [6, 6.07) is 14.0. The summed E-state index contributed by atoms with van der Waals surface area (Å²) in [4.78, 5) is 22.3. The van der Waals surface area contributed by atoms with Gasteiger partial charge in [-0.05, 0) is 17.5 Å². The van der Waals surface area contributed by atoms with Crippen LogP contribution >= 0.6 is 11.6 Å². The Balaban J connectivity index is 0.000000861. The summed E-state index contributed by atoms with van der Waals surface area (Å²) in [6.07, 6.45) is 1.40. The molecule has 0 atom stereocenters. The minimum absolute atomic E-state index is 0. The molecule has 0 aliphatic carbocycles. The van der Waals surface area contributed by atoms with Gasteiger partial charge in [0.25, 0.3) is 0 Å². The van der Waals surface area contributed by atoms with E-state index in [2.05, 4.69) is 45.2 Å². The van der Waals surface area contributed by atoms with Gasteiger partial charge in [-0.15, -0.1) is 0 Å². The van der Waals surface area contributed by atoms with Crippen LogP contribution in [0.5, 0.6) is 0 Å². The number of benzene rings is 2. The molecule has 36 heavy (non-hydrogen) atoms. The van der Waals surface area contributed by atoms with Crippen molar-refractivity contribution >= 4 is 39.8 Å². The molecule has 0 bridgehead atoms. The van der Waals surface area contributed by atoms with Crippen LogP contribution < -0.4 is 83.6 Å². The van der Waals surface area contributed by atoms with Crippen molar-refractivity contribution in [1.29, 1.82) is 5.26 Å². The van der Waals surface area contributed by atoms with Gasteiger partial charge in [0, 0.05) is 37.2 Å². The van der Waals surface area contributed by atoms with Gasteiger partial charge in [0.2, 0.25) is 0 Å². The number of aliphatic hydroxyl groups is 1. The number of nitriles is 1. The standard InChI is InChI=1S/C24H26ClN5O2.C2H3N.Cs/c1-2-22(32)27-9-11-28(12-10-27)24-19(16-31)26-21-15-29(13-14-30(21)24)20-8-4-6-17-5-3-7-18(25)23(17)20;1-2-3;/h2-8,31H,1,9-16H2;1H3;/q;;+1/p+1. The number of quaternary nitrogens is 1. The van der Waals surface area contributed by atoms with E-state index in [0.29, 0.717) is 12.2 Å². The molecular formula is C26H30ClCsN6O2+2. The fraction of sp³-hybridized carbons (Fsp3) is 0.346. The average molecular weight is 627 g/mol. The van der Waals surface area contributed by atoms with E-state index < -0.39 is 0 Å². The number of nitrogens with one attached hydrogen (secondary N) is 1. The monoisotopic (exact) mass is 626 g/mol. The van der Waals surface area contributed by atoms with Gasteiger partial charge in [0.05, 0.1) is 37.3 Å². The first-order chi connectivity index (χ1) is 17.0. The molecule has 8 nitrogen and oxygen atoms in total. The second-order valence-corrected chi connectivity index (χ2v) is 8.93. The minimum Gasteiger partial charge on any atom is -0.390 e. The minimum atomic E-state index is -0.103. The van der Waals surface area contributed by atoms with E-state index in [0.717, 1.165) is 77.3 Å². The Bertz CT molecular complexity index is 1270. The topological polar surface area (TPSA) is 89.8 Å². The number of fused-ring (bicyclic) bond motifs is 2. The van der Waals surface area contributed by atoms with E-state index in [9.17, 15) is 9.90 Å². The van der Waals surface area contributed by atoms with E-state index in [1.165, 1.54) is 13.0 Å². The predicted octanol–water partition coefficient (Wildman–Crippen LogP) is -0.846. The van der Waals surface area contributed by atoms with Crippen LogP contribution in [0.2, 0.25) is 5.02 Å². The molecule has 1 amide bonds. The molecule has 3 heterocycles. The van der Waals surface area contributed by atoms with Crippen LogP contribution in [0.25, 0.3) is 10.8 Å². The number of hydrogen-bond donors (Lipinski definition) is 2. The second kappa shape index (κ2) is 13.5. The summed E-state index contributed by atoms with van der Waals surface area (Å²) in [5, 5.41) is 20.3. The molecule has 0 unspecified atom stereocenters. The fourth-order valence-electron chi connectivity index (χ4n) is 4.95. The van der Waals surface area contributed by atoms with Crippen LogP contribution in [-0.4, -0.2) is 53.3 Å². The maximum Gasteiger partial charge on any atom is 1.00 e. The number of rotatable bonds is 4. The van der Waals surface area contributed by atoms with Crippen molar-refractivity contribution in [2.24, 2.45) is 0 Å². The van der Waals surface area contributed by atoms with Crippen molar-refractivity contribution < 1.29 is 83.7 Å². The van der Waals surface area contributed by atoms with Crippen molar-refractivity contribution in [3.63, 3.8) is 0 Å². The number of imidazole rings is 1. The number of aromatic nitrogens is 2.